The number of methoxy groups -OCH3 is 3. The number of rotatable bonds is 7. The molecule has 136 valence electrons. The van der Waals surface area contributed by atoms with E-state index in [1.165, 1.54) is 24.3 Å². The Bertz CT molecular complexity index is 644. The van der Waals surface area contributed by atoms with Gasteiger partial charge in [0, 0.05) is 10.6 Å². The maximum Gasteiger partial charge on any atom is 0.329 e. The van der Waals surface area contributed by atoms with Crippen LogP contribution >= 0.6 is 11.6 Å². The Balaban J connectivity index is 3.09. The number of hydrogen-bond donors (Lipinski definition) is 1. The summed E-state index contributed by atoms with van der Waals surface area (Å²) in [6.45, 7) is 0. The number of esters is 3. The Morgan fingerprint density at radius 3 is 2.00 bits per heavy atom. The molecule has 1 aromatic rings. The summed E-state index contributed by atoms with van der Waals surface area (Å²) in [4.78, 5) is 47.9. The number of ether oxygens (including phenoxy) is 3. The van der Waals surface area contributed by atoms with Crippen molar-refractivity contribution in [3.8, 4) is 0 Å². The van der Waals surface area contributed by atoms with Gasteiger partial charge < -0.3 is 19.5 Å². The fourth-order valence-electron chi connectivity index (χ4n) is 2.03. The number of carbonyl (C=O) groups excluding carboxylic acids is 4. The first-order chi connectivity index (χ1) is 11.8. The minimum Gasteiger partial charge on any atom is -0.469 e. The first-order valence-corrected chi connectivity index (χ1v) is 7.50. The highest BCUT2D eigenvalue weighted by molar-refractivity contribution is 6.30. The lowest BCUT2D eigenvalue weighted by Crippen LogP contribution is -2.50. The van der Waals surface area contributed by atoms with Crippen molar-refractivity contribution in [3.05, 3.63) is 34.9 Å². The van der Waals surface area contributed by atoms with E-state index in [2.05, 4.69) is 19.5 Å². The number of benzene rings is 1. The van der Waals surface area contributed by atoms with E-state index >= 15 is 0 Å². The standard InChI is InChI=1S/C16H18ClNO7/c1-23-12(19)8-11(15(21)24-2)13(16(22)25-3)18-14(20)9-4-6-10(17)7-5-9/h4-7,11,13H,8H2,1-3H3,(H,18,20)/t11-,13+/m1/s1. The fraction of sp³-hybridized carbons (Fsp3) is 0.375. The van der Waals surface area contributed by atoms with Crippen LogP contribution < -0.4 is 5.32 Å². The summed E-state index contributed by atoms with van der Waals surface area (Å²) in [7, 11) is 3.33. The van der Waals surface area contributed by atoms with E-state index in [1.54, 1.807) is 0 Å². The van der Waals surface area contributed by atoms with E-state index in [-0.39, 0.29) is 5.56 Å². The fourth-order valence-corrected chi connectivity index (χ4v) is 2.15. The lowest BCUT2D eigenvalue weighted by Gasteiger charge is -2.23. The van der Waals surface area contributed by atoms with Gasteiger partial charge in [-0.25, -0.2) is 4.79 Å². The van der Waals surface area contributed by atoms with Gasteiger partial charge in [0.2, 0.25) is 0 Å². The van der Waals surface area contributed by atoms with Gasteiger partial charge in [0.1, 0.15) is 6.04 Å². The maximum absolute atomic E-state index is 12.3. The molecule has 0 unspecified atom stereocenters. The number of amides is 1. The van der Waals surface area contributed by atoms with Crippen LogP contribution in [-0.4, -0.2) is 51.2 Å². The monoisotopic (exact) mass is 371 g/mol. The zero-order valence-corrected chi connectivity index (χ0v) is 14.7. The van der Waals surface area contributed by atoms with Crippen molar-refractivity contribution < 1.29 is 33.4 Å². The van der Waals surface area contributed by atoms with Crippen molar-refractivity contribution in [1.82, 2.24) is 5.32 Å². The average Bonchev–Trinajstić information content (AvgIpc) is 2.63. The van der Waals surface area contributed by atoms with Gasteiger partial charge in [-0.05, 0) is 24.3 Å². The second-order valence-electron chi connectivity index (χ2n) is 4.89. The summed E-state index contributed by atoms with van der Waals surface area (Å²) >= 11 is 5.76. The number of carbonyl (C=O) groups is 4. The van der Waals surface area contributed by atoms with Gasteiger partial charge in [0.05, 0.1) is 33.7 Å². The van der Waals surface area contributed by atoms with Crippen molar-refractivity contribution >= 4 is 35.4 Å². The highest BCUT2D eigenvalue weighted by atomic mass is 35.5. The summed E-state index contributed by atoms with van der Waals surface area (Å²) < 4.78 is 13.8. The molecule has 1 rings (SSSR count). The third-order valence-corrected chi connectivity index (χ3v) is 3.62. The predicted octanol–water partition coefficient (Wildman–Crippen LogP) is 0.964. The van der Waals surface area contributed by atoms with Crippen LogP contribution in [0, 0.1) is 5.92 Å². The summed E-state index contributed by atoms with van der Waals surface area (Å²) in [5.41, 5.74) is 0.208. The van der Waals surface area contributed by atoms with Gasteiger partial charge in [0.15, 0.2) is 0 Å². The van der Waals surface area contributed by atoms with Crippen molar-refractivity contribution in [1.29, 1.82) is 0 Å². The van der Waals surface area contributed by atoms with E-state index in [0.29, 0.717) is 5.02 Å². The Kier molecular flexibility index (Phi) is 7.87. The number of hydrogen-bond acceptors (Lipinski definition) is 7. The largest absolute Gasteiger partial charge is 0.469 e. The minimum atomic E-state index is -1.43. The molecular weight excluding hydrogens is 354 g/mol. The number of halogens is 1. The van der Waals surface area contributed by atoms with Crippen molar-refractivity contribution in [3.63, 3.8) is 0 Å². The van der Waals surface area contributed by atoms with Crippen LogP contribution in [0.2, 0.25) is 5.02 Å². The van der Waals surface area contributed by atoms with Crippen LogP contribution in [0.25, 0.3) is 0 Å². The van der Waals surface area contributed by atoms with Gasteiger partial charge in [-0.1, -0.05) is 11.6 Å². The van der Waals surface area contributed by atoms with E-state index in [0.717, 1.165) is 21.3 Å². The van der Waals surface area contributed by atoms with E-state index in [1.807, 2.05) is 0 Å². The Labute approximate surface area is 149 Å². The van der Waals surface area contributed by atoms with Crippen LogP contribution in [0.4, 0.5) is 0 Å². The summed E-state index contributed by atoms with van der Waals surface area (Å²) in [6, 6.07) is 4.45. The molecule has 0 aromatic heterocycles. The van der Waals surface area contributed by atoms with Gasteiger partial charge in [0.25, 0.3) is 5.91 Å². The first kappa shape index (κ1) is 20.4. The summed E-state index contributed by atoms with van der Waals surface area (Å²) in [5, 5.41) is 2.81. The van der Waals surface area contributed by atoms with Gasteiger partial charge in [-0.15, -0.1) is 0 Å². The molecule has 0 spiro atoms. The molecule has 1 aromatic carbocycles. The molecule has 0 radical (unpaired) electrons. The maximum atomic E-state index is 12.3. The molecule has 0 saturated heterocycles. The Morgan fingerprint density at radius 1 is 0.960 bits per heavy atom. The van der Waals surface area contributed by atoms with Gasteiger partial charge in [-0.2, -0.15) is 0 Å². The smallest absolute Gasteiger partial charge is 0.329 e. The van der Waals surface area contributed by atoms with Crippen LogP contribution in [0.5, 0.6) is 0 Å². The van der Waals surface area contributed by atoms with Crippen LogP contribution in [-0.2, 0) is 28.6 Å². The van der Waals surface area contributed by atoms with E-state index in [4.69, 9.17) is 11.6 Å². The second-order valence-corrected chi connectivity index (χ2v) is 5.33. The molecule has 0 aliphatic heterocycles. The zero-order valence-electron chi connectivity index (χ0n) is 13.9. The molecule has 0 fully saturated rings. The van der Waals surface area contributed by atoms with Crippen molar-refractivity contribution in [2.75, 3.05) is 21.3 Å². The second kappa shape index (κ2) is 9.63. The van der Waals surface area contributed by atoms with Crippen LogP contribution in [0.15, 0.2) is 24.3 Å². The molecule has 1 N–H and O–H groups in total. The summed E-state index contributed by atoms with van der Waals surface area (Å²) in [5.74, 6) is -4.46. The average molecular weight is 372 g/mol. The third-order valence-electron chi connectivity index (χ3n) is 3.37. The Morgan fingerprint density at radius 2 is 1.52 bits per heavy atom. The normalized spacial score (nSPS) is 12.5. The molecule has 25 heavy (non-hydrogen) atoms. The van der Waals surface area contributed by atoms with E-state index in [9.17, 15) is 19.2 Å². The van der Waals surface area contributed by atoms with Gasteiger partial charge >= 0.3 is 17.9 Å². The lowest BCUT2D eigenvalue weighted by molar-refractivity contribution is -0.158. The van der Waals surface area contributed by atoms with Crippen molar-refractivity contribution in [2.45, 2.75) is 12.5 Å². The molecule has 8 nitrogen and oxygen atoms in total. The lowest BCUT2D eigenvalue weighted by atomic mass is 9.95. The van der Waals surface area contributed by atoms with Gasteiger partial charge in [-0.3, -0.25) is 14.4 Å². The molecule has 0 aliphatic rings. The molecule has 9 heteroatoms. The Hall–Kier alpha value is -2.61. The van der Waals surface area contributed by atoms with Crippen LogP contribution in [0.3, 0.4) is 0 Å². The summed E-state index contributed by atoms with van der Waals surface area (Å²) in [6.07, 6.45) is -0.468. The zero-order chi connectivity index (χ0) is 19.0. The number of nitrogens with one attached hydrogen (secondary N) is 1. The predicted molar refractivity (Wildman–Crippen MR) is 86.9 cm³/mol. The SMILES string of the molecule is COC(=O)C[C@@H](C(=O)OC)[C@H](NC(=O)c1ccc(Cl)cc1)C(=O)OC. The third kappa shape index (κ3) is 5.75. The molecule has 2 atom stereocenters. The minimum absolute atomic E-state index is 0.208. The molecule has 0 saturated carbocycles. The molecule has 0 heterocycles. The highest BCUT2D eigenvalue weighted by Crippen LogP contribution is 2.16. The van der Waals surface area contributed by atoms with Crippen molar-refractivity contribution in [2.24, 2.45) is 5.92 Å². The quantitative estimate of drug-likeness (QED) is 0.561. The molecular formula is C16H18ClNO7. The topological polar surface area (TPSA) is 108 Å². The molecule has 0 aliphatic carbocycles. The molecule has 0 bridgehead atoms. The first-order valence-electron chi connectivity index (χ1n) is 7.13. The highest BCUT2D eigenvalue weighted by Gasteiger charge is 2.38. The molecule has 1 amide bonds. The van der Waals surface area contributed by atoms with E-state index < -0.39 is 42.2 Å². The van der Waals surface area contributed by atoms with Crippen LogP contribution in [0.1, 0.15) is 16.8 Å².